The van der Waals surface area contributed by atoms with Crippen molar-refractivity contribution in [3.8, 4) is 11.1 Å². The van der Waals surface area contributed by atoms with Crippen molar-refractivity contribution in [3.05, 3.63) is 77.9 Å². The molecule has 1 fully saturated rings. The fourth-order valence-electron chi connectivity index (χ4n) is 4.30. The third-order valence-electron chi connectivity index (χ3n) is 6.03. The first-order valence-corrected chi connectivity index (χ1v) is 10.8. The van der Waals surface area contributed by atoms with Crippen LogP contribution in [0.4, 0.5) is 4.39 Å². The largest absolute Gasteiger partial charge is 0.356 e. The molecular formula is C25H27FN4O. The Labute approximate surface area is 182 Å². The zero-order valence-electron chi connectivity index (χ0n) is 17.7. The summed E-state index contributed by atoms with van der Waals surface area (Å²) in [5.41, 5.74) is 4.13. The van der Waals surface area contributed by atoms with Crippen LogP contribution in [0.25, 0.3) is 11.1 Å². The van der Waals surface area contributed by atoms with E-state index in [0.717, 1.165) is 53.9 Å². The molecule has 0 radical (unpaired) electrons. The molecule has 3 aromatic rings. The summed E-state index contributed by atoms with van der Waals surface area (Å²) in [7, 11) is 0. The molecule has 160 valence electrons. The van der Waals surface area contributed by atoms with Gasteiger partial charge in [0.2, 0.25) is 5.91 Å². The van der Waals surface area contributed by atoms with Crippen molar-refractivity contribution in [3.63, 3.8) is 0 Å². The second-order valence-corrected chi connectivity index (χ2v) is 8.28. The lowest BCUT2D eigenvalue weighted by Gasteiger charge is -2.29. The van der Waals surface area contributed by atoms with Crippen LogP contribution in [0.15, 0.2) is 55.0 Å². The summed E-state index contributed by atoms with van der Waals surface area (Å²) in [6.07, 6.45) is 10.0. The zero-order valence-corrected chi connectivity index (χ0v) is 17.7. The van der Waals surface area contributed by atoms with Gasteiger partial charge in [0, 0.05) is 36.6 Å². The van der Waals surface area contributed by atoms with E-state index < -0.39 is 0 Å². The first-order valence-electron chi connectivity index (χ1n) is 10.8. The summed E-state index contributed by atoms with van der Waals surface area (Å²) < 4.78 is 13.0. The normalized spacial score (nSPS) is 18.5. The van der Waals surface area contributed by atoms with Crippen LogP contribution in [0.3, 0.4) is 0 Å². The third-order valence-corrected chi connectivity index (χ3v) is 6.03. The van der Waals surface area contributed by atoms with E-state index in [9.17, 15) is 9.18 Å². The Morgan fingerprint density at radius 1 is 1.06 bits per heavy atom. The molecule has 0 saturated heterocycles. The second-order valence-electron chi connectivity index (χ2n) is 8.28. The monoisotopic (exact) mass is 418 g/mol. The van der Waals surface area contributed by atoms with Crippen LogP contribution in [-0.2, 0) is 11.2 Å². The molecule has 5 nitrogen and oxygen atoms in total. The molecule has 0 atom stereocenters. The summed E-state index contributed by atoms with van der Waals surface area (Å²) in [6.45, 7) is 2.62. The number of carbonyl (C=O) groups excluding carboxylic acids is 1. The topological polar surface area (TPSA) is 67.8 Å². The van der Waals surface area contributed by atoms with Gasteiger partial charge in [0.25, 0.3) is 0 Å². The van der Waals surface area contributed by atoms with Crippen LogP contribution >= 0.6 is 0 Å². The smallest absolute Gasteiger partial charge is 0.224 e. The molecule has 2 heterocycles. The van der Waals surface area contributed by atoms with Crippen molar-refractivity contribution in [2.24, 2.45) is 5.92 Å². The number of aromatic nitrogens is 3. The van der Waals surface area contributed by atoms with E-state index in [1.807, 2.05) is 25.3 Å². The van der Waals surface area contributed by atoms with E-state index in [0.29, 0.717) is 18.4 Å². The number of amides is 1. The summed E-state index contributed by atoms with van der Waals surface area (Å²) in [5.74, 6) is 1.37. The van der Waals surface area contributed by atoms with Crippen LogP contribution in [0.2, 0.25) is 0 Å². The number of nitrogens with zero attached hydrogens (tertiary/aromatic N) is 3. The molecule has 0 aliphatic heterocycles. The number of aryl methyl sites for hydroxylation is 1. The predicted octanol–water partition coefficient (Wildman–Crippen LogP) is 4.62. The van der Waals surface area contributed by atoms with Crippen LogP contribution in [-0.4, -0.2) is 27.4 Å². The maximum absolute atomic E-state index is 13.0. The number of pyridine rings is 1. The Kier molecular flexibility index (Phi) is 6.65. The maximum atomic E-state index is 13.0. The van der Waals surface area contributed by atoms with E-state index in [1.165, 1.54) is 12.1 Å². The van der Waals surface area contributed by atoms with E-state index in [2.05, 4.69) is 15.3 Å². The van der Waals surface area contributed by atoms with Crippen molar-refractivity contribution in [2.75, 3.05) is 6.54 Å². The Bertz CT molecular complexity index is 1020. The first kappa shape index (κ1) is 21.1. The molecule has 31 heavy (non-hydrogen) atoms. The van der Waals surface area contributed by atoms with Gasteiger partial charge in [-0.1, -0.05) is 12.1 Å². The Balaban J connectivity index is 1.32. The molecule has 1 N–H and O–H groups in total. The number of benzene rings is 1. The minimum absolute atomic E-state index is 0.0138. The SMILES string of the molecule is Cc1ncc(-c2ccncc2)c(C2CCC(CNC(=O)Cc3ccc(F)cc3)CC2)n1. The van der Waals surface area contributed by atoms with Gasteiger partial charge >= 0.3 is 0 Å². The molecule has 2 aromatic heterocycles. The molecule has 0 unspecified atom stereocenters. The van der Waals surface area contributed by atoms with Gasteiger partial charge in [-0.3, -0.25) is 9.78 Å². The van der Waals surface area contributed by atoms with Gasteiger partial charge in [-0.05, 0) is 73.9 Å². The van der Waals surface area contributed by atoms with Crippen LogP contribution in [0.5, 0.6) is 0 Å². The van der Waals surface area contributed by atoms with Crippen LogP contribution in [0, 0.1) is 18.7 Å². The highest BCUT2D eigenvalue weighted by atomic mass is 19.1. The number of halogens is 1. The quantitative estimate of drug-likeness (QED) is 0.634. The Hall–Kier alpha value is -3.15. The summed E-state index contributed by atoms with van der Waals surface area (Å²) in [5, 5.41) is 3.05. The molecule has 1 aliphatic rings. The molecular weight excluding hydrogens is 391 g/mol. The van der Waals surface area contributed by atoms with Crippen molar-refractivity contribution < 1.29 is 9.18 Å². The third kappa shape index (κ3) is 5.51. The number of carbonyl (C=O) groups is 1. The molecule has 0 bridgehead atoms. The number of hydrogen-bond acceptors (Lipinski definition) is 4. The minimum Gasteiger partial charge on any atom is -0.356 e. The zero-order chi connectivity index (χ0) is 21.6. The van der Waals surface area contributed by atoms with E-state index in [1.54, 1.807) is 24.5 Å². The summed E-state index contributed by atoms with van der Waals surface area (Å²) in [4.78, 5) is 25.6. The molecule has 1 saturated carbocycles. The average molecular weight is 419 g/mol. The molecule has 4 rings (SSSR count). The van der Waals surface area contributed by atoms with Crippen molar-refractivity contribution in [1.29, 1.82) is 0 Å². The Morgan fingerprint density at radius 2 is 1.77 bits per heavy atom. The summed E-state index contributed by atoms with van der Waals surface area (Å²) in [6, 6.07) is 10.1. The number of nitrogens with one attached hydrogen (secondary N) is 1. The minimum atomic E-state index is -0.285. The average Bonchev–Trinajstić information content (AvgIpc) is 2.80. The van der Waals surface area contributed by atoms with Gasteiger partial charge in [0.15, 0.2) is 0 Å². The fourth-order valence-corrected chi connectivity index (χ4v) is 4.30. The second kappa shape index (κ2) is 9.77. The van der Waals surface area contributed by atoms with Gasteiger partial charge in [0.1, 0.15) is 11.6 Å². The maximum Gasteiger partial charge on any atom is 0.224 e. The molecule has 1 aliphatic carbocycles. The highest BCUT2D eigenvalue weighted by Crippen LogP contribution is 2.38. The number of rotatable bonds is 6. The van der Waals surface area contributed by atoms with Gasteiger partial charge in [-0.25, -0.2) is 14.4 Å². The fraction of sp³-hybridized carbons (Fsp3) is 0.360. The van der Waals surface area contributed by atoms with E-state index in [-0.39, 0.29) is 18.1 Å². The van der Waals surface area contributed by atoms with Crippen molar-refractivity contribution >= 4 is 5.91 Å². The molecule has 1 amide bonds. The molecule has 0 spiro atoms. The Morgan fingerprint density at radius 3 is 2.48 bits per heavy atom. The van der Waals surface area contributed by atoms with Gasteiger partial charge < -0.3 is 5.32 Å². The van der Waals surface area contributed by atoms with E-state index in [4.69, 9.17) is 4.98 Å². The van der Waals surface area contributed by atoms with E-state index >= 15 is 0 Å². The van der Waals surface area contributed by atoms with Crippen molar-refractivity contribution in [2.45, 2.75) is 44.9 Å². The lowest BCUT2D eigenvalue weighted by Crippen LogP contribution is -2.32. The number of hydrogen-bond donors (Lipinski definition) is 1. The standard InChI is InChI=1S/C25H27FN4O/c1-17-28-16-23(20-10-12-27-13-11-20)25(30-17)21-6-2-19(3-7-21)15-29-24(31)14-18-4-8-22(26)9-5-18/h4-5,8-13,16,19,21H,2-3,6-7,14-15H2,1H3,(H,29,31). The first-order chi connectivity index (χ1) is 15.1. The van der Waals surface area contributed by atoms with Gasteiger partial charge in [-0.15, -0.1) is 0 Å². The van der Waals surface area contributed by atoms with Crippen LogP contribution < -0.4 is 5.32 Å². The lowest BCUT2D eigenvalue weighted by atomic mass is 9.79. The molecule has 1 aromatic carbocycles. The van der Waals surface area contributed by atoms with Gasteiger partial charge in [0.05, 0.1) is 12.1 Å². The molecule has 6 heteroatoms. The van der Waals surface area contributed by atoms with Crippen LogP contribution in [0.1, 0.15) is 48.7 Å². The highest BCUT2D eigenvalue weighted by molar-refractivity contribution is 5.78. The van der Waals surface area contributed by atoms with Crippen molar-refractivity contribution in [1.82, 2.24) is 20.3 Å². The van der Waals surface area contributed by atoms with Gasteiger partial charge in [-0.2, -0.15) is 0 Å². The summed E-state index contributed by atoms with van der Waals surface area (Å²) >= 11 is 0. The lowest BCUT2D eigenvalue weighted by molar-refractivity contribution is -0.120. The highest BCUT2D eigenvalue weighted by Gasteiger charge is 2.26. The predicted molar refractivity (Wildman–Crippen MR) is 118 cm³/mol.